The molecule has 0 saturated carbocycles. The Morgan fingerprint density at radius 3 is 2.47 bits per heavy atom. The molecular formula is C32H33N3O8. The van der Waals surface area contributed by atoms with Gasteiger partial charge < -0.3 is 30.0 Å². The van der Waals surface area contributed by atoms with Gasteiger partial charge in [-0.1, -0.05) is 55.5 Å². The van der Waals surface area contributed by atoms with Crippen molar-refractivity contribution in [3.8, 4) is 0 Å². The van der Waals surface area contributed by atoms with Crippen LogP contribution in [0.1, 0.15) is 30.5 Å². The Balaban J connectivity index is 0.000000386. The summed E-state index contributed by atoms with van der Waals surface area (Å²) in [5, 5.41) is 9.35. The van der Waals surface area contributed by atoms with E-state index < -0.39 is 36.0 Å². The first-order chi connectivity index (χ1) is 20.6. The number of morpholine rings is 1. The molecule has 11 nitrogen and oxygen atoms in total. The van der Waals surface area contributed by atoms with E-state index in [0.29, 0.717) is 16.9 Å². The third-order valence-electron chi connectivity index (χ3n) is 6.35. The van der Waals surface area contributed by atoms with Crippen LogP contribution in [0.4, 0.5) is 17.1 Å². The lowest BCUT2D eigenvalue weighted by Crippen LogP contribution is -2.55. The van der Waals surface area contributed by atoms with Crippen molar-refractivity contribution in [2.75, 3.05) is 23.8 Å². The zero-order chi connectivity index (χ0) is 31.4. The highest BCUT2D eigenvalue weighted by Gasteiger charge is 2.42. The number of aliphatic carboxylic acids is 1. The van der Waals surface area contributed by atoms with Crippen molar-refractivity contribution in [1.82, 2.24) is 0 Å². The second-order valence-electron chi connectivity index (χ2n) is 9.50. The fraction of sp³-hybridized carbons (Fsp3) is 0.281. The normalized spacial score (nSPS) is 14.9. The lowest BCUT2D eigenvalue weighted by Gasteiger charge is -2.34. The monoisotopic (exact) mass is 587 g/mol. The summed E-state index contributed by atoms with van der Waals surface area (Å²) >= 11 is 0. The van der Waals surface area contributed by atoms with Crippen molar-refractivity contribution in [1.29, 1.82) is 0 Å². The van der Waals surface area contributed by atoms with E-state index in [9.17, 15) is 24.3 Å². The van der Waals surface area contributed by atoms with E-state index in [1.165, 1.54) is 4.90 Å². The van der Waals surface area contributed by atoms with Gasteiger partial charge in [0.25, 0.3) is 5.91 Å². The summed E-state index contributed by atoms with van der Waals surface area (Å²) in [5.74, 6) is -3.37. The first-order valence-corrected chi connectivity index (χ1v) is 13.5. The first-order valence-electron chi connectivity index (χ1n) is 13.5. The van der Waals surface area contributed by atoms with Crippen LogP contribution in [-0.4, -0.2) is 54.3 Å². The number of benzene rings is 3. The van der Waals surface area contributed by atoms with Gasteiger partial charge in [-0.05, 0) is 47.4 Å². The molecule has 0 aromatic heterocycles. The van der Waals surface area contributed by atoms with E-state index in [1.807, 2.05) is 43.3 Å². The number of aryl methyl sites for hydroxylation is 1. The van der Waals surface area contributed by atoms with Gasteiger partial charge in [0.15, 0.2) is 11.8 Å². The topological polar surface area (TPSA) is 150 Å². The summed E-state index contributed by atoms with van der Waals surface area (Å²) in [5.41, 5.74) is 10.0. The Labute approximate surface area is 249 Å². The molecule has 2 atom stereocenters. The Morgan fingerprint density at radius 1 is 1.09 bits per heavy atom. The molecule has 0 spiro atoms. The number of carboxylic acid groups (broad SMARTS) is 1. The van der Waals surface area contributed by atoms with Gasteiger partial charge in [-0.15, -0.1) is 0 Å². The summed E-state index contributed by atoms with van der Waals surface area (Å²) < 4.78 is 15.4. The molecule has 1 aliphatic heterocycles. The van der Waals surface area contributed by atoms with Crippen LogP contribution in [0.2, 0.25) is 0 Å². The SMILES string of the molecule is CC(=O)O[C@@H](C(=O)O)[C@H]1OCCN(c2cccc(CC(=O)OCc3ccccc3)c2)C1=O.[C-]#[N+]c1ccc(N)cc1CC. The Kier molecular flexibility index (Phi) is 11.8. The highest BCUT2D eigenvalue weighted by Crippen LogP contribution is 2.24. The van der Waals surface area contributed by atoms with Crippen LogP contribution in [0.3, 0.4) is 0 Å². The predicted octanol–water partition coefficient (Wildman–Crippen LogP) is 4.10. The summed E-state index contributed by atoms with van der Waals surface area (Å²) in [6, 6.07) is 21.4. The second-order valence-corrected chi connectivity index (χ2v) is 9.50. The van der Waals surface area contributed by atoms with Gasteiger partial charge in [0, 0.05) is 24.8 Å². The van der Waals surface area contributed by atoms with Crippen LogP contribution < -0.4 is 10.6 Å². The highest BCUT2D eigenvalue weighted by molar-refractivity contribution is 6.00. The molecule has 1 saturated heterocycles. The average molecular weight is 588 g/mol. The fourth-order valence-electron chi connectivity index (χ4n) is 4.29. The molecule has 3 aromatic carbocycles. The second kappa shape index (κ2) is 15.7. The number of carboxylic acids is 1. The van der Waals surface area contributed by atoms with Crippen molar-refractivity contribution in [2.45, 2.75) is 45.5 Å². The van der Waals surface area contributed by atoms with Crippen LogP contribution in [0.25, 0.3) is 4.85 Å². The molecule has 11 heteroatoms. The molecular weight excluding hydrogens is 554 g/mol. The van der Waals surface area contributed by atoms with E-state index >= 15 is 0 Å². The number of nitrogen functional groups attached to an aromatic ring is 1. The van der Waals surface area contributed by atoms with Crippen molar-refractivity contribution in [3.05, 3.63) is 101 Å². The molecule has 1 heterocycles. The Hall–Kier alpha value is -5.21. The zero-order valence-electron chi connectivity index (χ0n) is 23.9. The number of carbonyl (C=O) groups excluding carboxylic acids is 3. The molecule has 4 rings (SSSR count). The number of amides is 1. The smallest absolute Gasteiger partial charge is 0.348 e. The van der Waals surface area contributed by atoms with Crippen molar-refractivity contribution in [2.24, 2.45) is 0 Å². The maximum absolute atomic E-state index is 12.9. The number of ether oxygens (including phenoxy) is 3. The van der Waals surface area contributed by atoms with Crippen molar-refractivity contribution < 1.29 is 38.5 Å². The van der Waals surface area contributed by atoms with Gasteiger partial charge in [0.1, 0.15) is 6.61 Å². The number of anilines is 2. The van der Waals surface area contributed by atoms with Gasteiger partial charge >= 0.3 is 17.9 Å². The zero-order valence-corrected chi connectivity index (χ0v) is 23.9. The molecule has 3 N–H and O–H groups in total. The third-order valence-corrected chi connectivity index (χ3v) is 6.35. The number of nitrogens with two attached hydrogens (primary N) is 1. The van der Waals surface area contributed by atoms with Gasteiger partial charge in [-0.3, -0.25) is 14.4 Å². The number of nitrogens with zero attached hydrogens (tertiary/aromatic N) is 2. The summed E-state index contributed by atoms with van der Waals surface area (Å²) in [4.78, 5) is 52.6. The number of hydrogen-bond acceptors (Lipinski definition) is 8. The van der Waals surface area contributed by atoms with Gasteiger partial charge in [0.05, 0.1) is 19.6 Å². The standard InChI is InChI=1S/C23H23NO8.C9H10N2/c1-15(25)32-21(23(28)29)20-22(27)24(10-11-30-20)18-9-5-8-17(12-18)13-19(26)31-14-16-6-3-2-4-7-16;1-3-7-6-8(10)4-5-9(7)11-2/h2-9,12,20-21H,10-11,13-14H2,1H3,(H,28,29);4-6H,3,10H2,1H3/t20-,21-;/m1./s1. The van der Waals surface area contributed by atoms with Crippen LogP contribution in [-0.2, 0) is 52.8 Å². The molecule has 0 radical (unpaired) electrons. The first kappa shape index (κ1) is 32.3. The minimum atomic E-state index is -1.75. The van der Waals surface area contributed by atoms with Gasteiger partial charge in [-0.2, -0.15) is 0 Å². The van der Waals surface area contributed by atoms with Crippen LogP contribution >= 0.6 is 0 Å². The quantitative estimate of drug-likeness (QED) is 0.214. The molecule has 0 bridgehead atoms. The maximum atomic E-state index is 12.9. The molecule has 0 unspecified atom stereocenters. The molecule has 1 aliphatic rings. The molecule has 1 fully saturated rings. The summed E-state index contributed by atoms with van der Waals surface area (Å²) in [6.07, 6.45) is -2.35. The third kappa shape index (κ3) is 9.41. The van der Waals surface area contributed by atoms with E-state index in [4.69, 9.17) is 26.5 Å². The van der Waals surface area contributed by atoms with E-state index in [-0.39, 0.29) is 26.2 Å². The fourth-order valence-corrected chi connectivity index (χ4v) is 4.29. The average Bonchev–Trinajstić information content (AvgIpc) is 3.00. The summed E-state index contributed by atoms with van der Waals surface area (Å²) in [6.45, 7) is 10.3. The van der Waals surface area contributed by atoms with Crippen LogP contribution in [0.15, 0.2) is 72.8 Å². The number of esters is 2. The lowest BCUT2D eigenvalue weighted by molar-refractivity contribution is -0.177. The summed E-state index contributed by atoms with van der Waals surface area (Å²) in [7, 11) is 0. The number of hydrogen-bond donors (Lipinski definition) is 2. The van der Waals surface area contributed by atoms with Crippen LogP contribution in [0, 0.1) is 6.57 Å². The molecule has 224 valence electrons. The van der Waals surface area contributed by atoms with E-state index in [0.717, 1.165) is 30.2 Å². The maximum Gasteiger partial charge on any atom is 0.348 e. The van der Waals surface area contributed by atoms with Gasteiger partial charge in [-0.25, -0.2) is 9.64 Å². The number of rotatable bonds is 9. The van der Waals surface area contributed by atoms with Gasteiger partial charge in [0.2, 0.25) is 6.10 Å². The van der Waals surface area contributed by atoms with E-state index in [1.54, 1.807) is 36.4 Å². The minimum Gasteiger partial charge on any atom is -0.478 e. The Bertz CT molecular complexity index is 1490. The number of carbonyl (C=O) groups is 4. The minimum absolute atomic E-state index is 0.00777. The molecule has 1 amide bonds. The predicted molar refractivity (Wildman–Crippen MR) is 158 cm³/mol. The molecule has 0 aliphatic carbocycles. The molecule has 43 heavy (non-hydrogen) atoms. The van der Waals surface area contributed by atoms with Crippen molar-refractivity contribution >= 4 is 40.9 Å². The lowest BCUT2D eigenvalue weighted by atomic mass is 10.1. The molecule has 3 aromatic rings. The van der Waals surface area contributed by atoms with Crippen LogP contribution in [0.5, 0.6) is 0 Å². The highest BCUT2D eigenvalue weighted by atomic mass is 16.6. The van der Waals surface area contributed by atoms with E-state index in [2.05, 4.69) is 4.85 Å². The van der Waals surface area contributed by atoms with Crippen molar-refractivity contribution in [3.63, 3.8) is 0 Å². The Morgan fingerprint density at radius 2 is 1.81 bits per heavy atom. The largest absolute Gasteiger partial charge is 0.478 e.